The molecule has 0 bridgehead atoms. The fraction of sp³-hybridized carbons (Fsp3) is 0.227. The summed E-state index contributed by atoms with van der Waals surface area (Å²) in [5.74, 6) is 0.676. The van der Waals surface area contributed by atoms with Crippen LogP contribution in [0.25, 0.3) is 0 Å². The molecule has 150 valence electrons. The Kier molecular flexibility index (Phi) is 6.29. The number of carbonyl (C=O) groups is 2. The number of amides is 1. The first-order valence-corrected chi connectivity index (χ1v) is 9.23. The normalized spacial score (nSPS) is 10.4. The van der Waals surface area contributed by atoms with Crippen molar-refractivity contribution >= 4 is 17.6 Å². The second kappa shape index (κ2) is 9.05. The predicted octanol–water partition coefficient (Wildman–Crippen LogP) is 4.44. The van der Waals surface area contributed by atoms with E-state index in [2.05, 4.69) is 10.5 Å². The van der Waals surface area contributed by atoms with E-state index in [4.69, 9.17) is 14.0 Å². The van der Waals surface area contributed by atoms with Crippen molar-refractivity contribution in [3.8, 4) is 11.5 Å². The van der Waals surface area contributed by atoms with Gasteiger partial charge in [0.2, 0.25) is 0 Å². The third-order valence-corrected chi connectivity index (χ3v) is 4.20. The van der Waals surface area contributed by atoms with Crippen LogP contribution in [0.4, 0.5) is 5.69 Å². The van der Waals surface area contributed by atoms with Crippen LogP contribution in [0.5, 0.6) is 11.5 Å². The maximum absolute atomic E-state index is 12.2. The van der Waals surface area contributed by atoms with Crippen molar-refractivity contribution < 1.29 is 23.6 Å². The van der Waals surface area contributed by atoms with Crippen LogP contribution in [0, 0.1) is 13.8 Å². The number of carbonyl (C=O) groups excluding carboxylic acids is 2. The number of nitrogens with one attached hydrogen (secondary N) is 1. The Hall–Kier alpha value is -3.61. The van der Waals surface area contributed by atoms with Crippen molar-refractivity contribution in [3.05, 3.63) is 71.1 Å². The molecule has 0 saturated heterocycles. The van der Waals surface area contributed by atoms with Crippen LogP contribution < -0.4 is 10.1 Å². The summed E-state index contributed by atoms with van der Waals surface area (Å²) in [6.07, 6.45) is 0.533. The number of hydrogen-bond acceptors (Lipinski definition) is 6. The molecule has 0 aliphatic carbocycles. The second-order valence-corrected chi connectivity index (χ2v) is 6.48. The van der Waals surface area contributed by atoms with Gasteiger partial charge in [-0.3, -0.25) is 4.79 Å². The second-order valence-electron chi connectivity index (χ2n) is 6.48. The Balaban J connectivity index is 1.52. The van der Waals surface area contributed by atoms with Crippen LogP contribution in [0.1, 0.15) is 34.3 Å². The van der Waals surface area contributed by atoms with Gasteiger partial charge in [0, 0.05) is 5.69 Å². The number of anilines is 1. The molecule has 3 rings (SSSR count). The maximum Gasteiger partial charge on any atom is 0.344 e. The predicted molar refractivity (Wildman–Crippen MR) is 107 cm³/mol. The van der Waals surface area contributed by atoms with Gasteiger partial charge < -0.3 is 19.3 Å². The third-order valence-electron chi connectivity index (χ3n) is 4.20. The number of ether oxygens (including phenoxy) is 2. The highest BCUT2D eigenvalue weighted by Crippen LogP contribution is 2.23. The Bertz CT molecular complexity index is 991. The Morgan fingerprint density at radius 2 is 1.62 bits per heavy atom. The molecule has 0 aliphatic rings. The SMILES string of the molecule is CCc1noc(C)c1C(=O)OCC(=O)Nc1ccc(Oc2ccc(C)cc2)cc1. The van der Waals surface area contributed by atoms with Crippen LogP contribution in [0.15, 0.2) is 53.1 Å². The van der Waals surface area contributed by atoms with Gasteiger partial charge in [-0.15, -0.1) is 0 Å². The van der Waals surface area contributed by atoms with Crippen molar-refractivity contribution in [2.45, 2.75) is 27.2 Å². The topological polar surface area (TPSA) is 90.7 Å². The van der Waals surface area contributed by atoms with E-state index in [1.165, 1.54) is 0 Å². The van der Waals surface area contributed by atoms with Gasteiger partial charge in [0.05, 0.1) is 5.69 Å². The average Bonchev–Trinajstić information content (AvgIpc) is 3.10. The van der Waals surface area contributed by atoms with Crippen LogP contribution in [0.2, 0.25) is 0 Å². The van der Waals surface area contributed by atoms with Crippen LogP contribution >= 0.6 is 0 Å². The molecule has 0 spiro atoms. The molecule has 7 nitrogen and oxygen atoms in total. The molecule has 1 amide bonds. The van der Waals surface area contributed by atoms with Gasteiger partial charge in [-0.1, -0.05) is 29.8 Å². The summed E-state index contributed by atoms with van der Waals surface area (Å²) < 4.78 is 15.8. The summed E-state index contributed by atoms with van der Waals surface area (Å²) in [6, 6.07) is 14.6. The van der Waals surface area contributed by atoms with Gasteiger partial charge in [-0.05, 0) is 56.7 Å². The molecule has 1 N–H and O–H groups in total. The zero-order valence-electron chi connectivity index (χ0n) is 16.5. The lowest BCUT2D eigenvalue weighted by Gasteiger charge is -2.09. The van der Waals surface area contributed by atoms with Gasteiger partial charge in [-0.25, -0.2) is 4.79 Å². The van der Waals surface area contributed by atoms with Crippen molar-refractivity contribution in [2.75, 3.05) is 11.9 Å². The fourth-order valence-electron chi connectivity index (χ4n) is 2.67. The first kappa shape index (κ1) is 20.1. The minimum atomic E-state index is -0.627. The van der Waals surface area contributed by atoms with Crippen molar-refractivity contribution in [2.24, 2.45) is 0 Å². The number of nitrogens with zero attached hydrogens (tertiary/aromatic N) is 1. The van der Waals surface area contributed by atoms with Gasteiger partial charge in [0.1, 0.15) is 22.8 Å². The quantitative estimate of drug-likeness (QED) is 0.596. The van der Waals surface area contributed by atoms with Crippen molar-refractivity contribution in [3.63, 3.8) is 0 Å². The number of aromatic nitrogens is 1. The Morgan fingerprint density at radius 1 is 1.00 bits per heavy atom. The Labute approximate surface area is 168 Å². The van der Waals surface area contributed by atoms with E-state index in [-0.39, 0.29) is 5.56 Å². The monoisotopic (exact) mass is 394 g/mol. The zero-order chi connectivity index (χ0) is 20.8. The van der Waals surface area contributed by atoms with Crippen molar-refractivity contribution in [1.29, 1.82) is 0 Å². The van der Waals surface area contributed by atoms with E-state index in [0.717, 1.165) is 11.3 Å². The molecule has 0 saturated carbocycles. The molecule has 0 aliphatic heterocycles. The number of esters is 1. The largest absolute Gasteiger partial charge is 0.457 e. The summed E-state index contributed by atoms with van der Waals surface area (Å²) in [6.45, 7) is 5.08. The Morgan fingerprint density at radius 3 is 2.24 bits per heavy atom. The molecule has 7 heteroatoms. The highest BCUT2D eigenvalue weighted by atomic mass is 16.5. The minimum absolute atomic E-state index is 0.276. The standard InChI is InChI=1S/C22H22N2O5/c1-4-19-21(15(3)29-24-19)22(26)27-13-20(25)23-16-7-11-18(12-8-16)28-17-9-5-14(2)6-10-17/h5-12H,4,13H2,1-3H3,(H,23,25). The molecule has 1 aromatic heterocycles. The lowest BCUT2D eigenvalue weighted by atomic mass is 10.1. The van der Waals surface area contributed by atoms with Gasteiger partial charge >= 0.3 is 5.97 Å². The molecule has 29 heavy (non-hydrogen) atoms. The van der Waals surface area contributed by atoms with Gasteiger partial charge in [0.15, 0.2) is 6.61 Å². The van der Waals surface area contributed by atoms with E-state index in [9.17, 15) is 9.59 Å². The van der Waals surface area contributed by atoms with Gasteiger partial charge in [0.25, 0.3) is 5.91 Å². The summed E-state index contributed by atoms with van der Waals surface area (Å²) in [5.41, 5.74) is 2.51. The number of hydrogen-bond donors (Lipinski definition) is 1. The lowest BCUT2D eigenvalue weighted by Crippen LogP contribution is -2.21. The molecule has 1 heterocycles. The molecule has 0 unspecified atom stereocenters. The summed E-state index contributed by atoms with van der Waals surface area (Å²) >= 11 is 0. The third kappa shape index (κ3) is 5.22. The minimum Gasteiger partial charge on any atom is -0.457 e. The van der Waals surface area contributed by atoms with E-state index >= 15 is 0 Å². The summed E-state index contributed by atoms with van der Waals surface area (Å²) in [4.78, 5) is 24.3. The van der Waals surface area contributed by atoms with Crippen molar-refractivity contribution in [1.82, 2.24) is 5.16 Å². The van der Waals surface area contributed by atoms with E-state index in [1.54, 1.807) is 31.2 Å². The fourth-order valence-corrected chi connectivity index (χ4v) is 2.67. The average molecular weight is 394 g/mol. The van der Waals surface area contributed by atoms with Crippen LogP contribution in [-0.4, -0.2) is 23.6 Å². The smallest absolute Gasteiger partial charge is 0.344 e. The molecule has 3 aromatic rings. The number of benzene rings is 2. The number of rotatable bonds is 7. The van der Waals surface area contributed by atoms with Crippen LogP contribution in [-0.2, 0) is 16.0 Å². The van der Waals surface area contributed by atoms with E-state index in [1.807, 2.05) is 38.1 Å². The highest BCUT2D eigenvalue weighted by Gasteiger charge is 2.21. The summed E-state index contributed by atoms with van der Waals surface area (Å²) in [5, 5.41) is 6.48. The first-order chi connectivity index (χ1) is 14.0. The molecule has 0 atom stereocenters. The van der Waals surface area contributed by atoms with Gasteiger partial charge in [-0.2, -0.15) is 0 Å². The molecular weight excluding hydrogens is 372 g/mol. The highest BCUT2D eigenvalue weighted by molar-refractivity contribution is 5.96. The molecular formula is C22H22N2O5. The molecule has 0 fully saturated rings. The summed E-state index contributed by atoms with van der Waals surface area (Å²) in [7, 11) is 0. The first-order valence-electron chi connectivity index (χ1n) is 9.23. The maximum atomic E-state index is 12.2. The number of aryl methyl sites for hydroxylation is 3. The van der Waals surface area contributed by atoms with E-state index in [0.29, 0.717) is 29.3 Å². The zero-order valence-corrected chi connectivity index (χ0v) is 16.5. The molecule has 2 aromatic carbocycles. The molecule has 0 radical (unpaired) electrons. The lowest BCUT2D eigenvalue weighted by molar-refractivity contribution is -0.119. The van der Waals surface area contributed by atoms with Crippen LogP contribution in [0.3, 0.4) is 0 Å². The van der Waals surface area contributed by atoms with E-state index < -0.39 is 18.5 Å².